The molecule has 16 heteroatoms. The van der Waals surface area contributed by atoms with Crippen molar-refractivity contribution >= 4 is 46.5 Å². The quantitative estimate of drug-likeness (QED) is 0.0876. The van der Waals surface area contributed by atoms with Crippen LogP contribution in [0.2, 0.25) is 0 Å². The van der Waals surface area contributed by atoms with Crippen molar-refractivity contribution in [3.63, 3.8) is 0 Å². The minimum atomic E-state index is -1.56. The molecular formula is C29H41N7O9. The summed E-state index contributed by atoms with van der Waals surface area (Å²) in [5.74, 6) is -5.84. The maximum absolute atomic E-state index is 13.6. The fraction of sp³-hybridized carbons (Fsp3) is 0.517. The molecule has 1 saturated heterocycles. The third kappa shape index (κ3) is 9.47. The summed E-state index contributed by atoms with van der Waals surface area (Å²) in [5, 5.41) is 36.4. The molecule has 2 aromatic rings. The normalized spacial score (nSPS) is 17.2. The lowest BCUT2D eigenvalue weighted by atomic mass is 10.0. The van der Waals surface area contributed by atoms with E-state index in [1.807, 2.05) is 24.3 Å². The van der Waals surface area contributed by atoms with Crippen LogP contribution in [0, 0.1) is 0 Å². The highest BCUT2D eigenvalue weighted by Gasteiger charge is 2.40. The van der Waals surface area contributed by atoms with Gasteiger partial charge in [-0.25, -0.2) is 4.79 Å². The molecule has 1 aromatic carbocycles. The Hall–Kier alpha value is -4.54. The van der Waals surface area contributed by atoms with Crippen molar-refractivity contribution < 1.29 is 44.1 Å². The number of nitrogens with two attached hydrogens (primary N) is 2. The van der Waals surface area contributed by atoms with Crippen molar-refractivity contribution in [3.8, 4) is 0 Å². The van der Waals surface area contributed by atoms with Gasteiger partial charge in [-0.2, -0.15) is 0 Å². The van der Waals surface area contributed by atoms with E-state index < -0.39 is 78.8 Å². The summed E-state index contributed by atoms with van der Waals surface area (Å²) in [4.78, 5) is 80.4. The van der Waals surface area contributed by atoms with Crippen LogP contribution in [0.3, 0.4) is 0 Å². The van der Waals surface area contributed by atoms with Crippen LogP contribution in [0.5, 0.6) is 0 Å². The highest BCUT2D eigenvalue weighted by Crippen LogP contribution is 2.22. The number of para-hydroxylation sites is 1. The van der Waals surface area contributed by atoms with Crippen molar-refractivity contribution in [1.82, 2.24) is 25.8 Å². The van der Waals surface area contributed by atoms with Crippen molar-refractivity contribution in [2.24, 2.45) is 11.5 Å². The first-order chi connectivity index (χ1) is 21.5. The number of carboxylic acids is 2. The molecule has 45 heavy (non-hydrogen) atoms. The molecule has 0 unspecified atom stereocenters. The number of aliphatic hydroxyl groups is 1. The molecule has 246 valence electrons. The number of aliphatic carboxylic acids is 2. The van der Waals surface area contributed by atoms with Crippen LogP contribution in [0.15, 0.2) is 30.5 Å². The van der Waals surface area contributed by atoms with E-state index in [9.17, 15) is 39.0 Å². The molecule has 3 rings (SSSR count). The van der Waals surface area contributed by atoms with Crippen molar-refractivity contribution in [1.29, 1.82) is 0 Å². The number of rotatable bonds is 17. The first-order valence-corrected chi connectivity index (χ1v) is 14.7. The smallest absolute Gasteiger partial charge is 0.326 e. The number of fused-ring (bicyclic) bond motifs is 1. The van der Waals surface area contributed by atoms with E-state index in [-0.39, 0.29) is 25.8 Å². The second-order valence-corrected chi connectivity index (χ2v) is 10.9. The number of aromatic amines is 1. The third-order valence-electron chi connectivity index (χ3n) is 7.66. The zero-order chi connectivity index (χ0) is 33.1. The van der Waals surface area contributed by atoms with E-state index >= 15 is 0 Å². The van der Waals surface area contributed by atoms with Crippen LogP contribution in [-0.2, 0) is 35.2 Å². The molecule has 16 nitrogen and oxygen atoms in total. The van der Waals surface area contributed by atoms with Gasteiger partial charge in [0.2, 0.25) is 23.6 Å². The number of carbonyl (C=O) groups excluding carboxylic acids is 4. The Morgan fingerprint density at radius 1 is 0.978 bits per heavy atom. The van der Waals surface area contributed by atoms with Gasteiger partial charge >= 0.3 is 11.9 Å². The van der Waals surface area contributed by atoms with Gasteiger partial charge in [0.15, 0.2) is 0 Å². The molecule has 2 heterocycles. The molecule has 0 radical (unpaired) electrons. The number of aliphatic hydroxyl groups excluding tert-OH is 1. The summed E-state index contributed by atoms with van der Waals surface area (Å²) >= 11 is 0. The highest BCUT2D eigenvalue weighted by atomic mass is 16.4. The Morgan fingerprint density at radius 3 is 2.36 bits per heavy atom. The molecule has 0 spiro atoms. The SMILES string of the molecule is NCCCC[C@H](NC(=O)[C@H](Cc1c[nH]c2ccccc12)NC(=O)[C@@H]1CCCN1C(=O)[C@H](CC(=O)O)NC(=O)[C@@H](N)CO)C(=O)O. The number of amides is 4. The second kappa shape index (κ2) is 16.5. The first kappa shape index (κ1) is 34.9. The molecule has 1 fully saturated rings. The first-order valence-electron chi connectivity index (χ1n) is 14.7. The zero-order valence-electron chi connectivity index (χ0n) is 24.7. The number of likely N-dealkylation sites (tertiary alicyclic amines) is 1. The fourth-order valence-corrected chi connectivity index (χ4v) is 5.26. The minimum absolute atomic E-state index is 0.00582. The Kier molecular flexibility index (Phi) is 12.8. The zero-order valence-corrected chi connectivity index (χ0v) is 24.7. The standard InChI is InChI=1S/C29H41N7O9/c30-10-4-3-8-20(29(44)45)33-26(41)21(12-16-14-32-19-7-2-1-6-17(16)19)34-27(42)23-9-5-11-36(23)28(43)22(13-24(38)39)35-25(40)18(31)15-37/h1-2,6-7,14,18,20-23,32,37H,3-5,8-13,15,30-31H2,(H,33,41)(H,34,42)(H,35,40)(H,38,39)(H,44,45)/t18-,20-,21-,22-,23-/m0/s1. The molecule has 1 aliphatic rings. The largest absolute Gasteiger partial charge is 0.481 e. The number of H-pyrrole nitrogens is 1. The lowest BCUT2D eigenvalue weighted by Crippen LogP contribution is -2.58. The Bertz CT molecular complexity index is 1380. The fourth-order valence-electron chi connectivity index (χ4n) is 5.26. The predicted molar refractivity (Wildman–Crippen MR) is 160 cm³/mol. The van der Waals surface area contributed by atoms with E-state index in [1.165, 1.54) is 0 Å². The van der Waals surface area contributed by atoms with Gasteiger partial charge in [0.25, 0.3) is 0 Å². The molecule has 0 saturated carbocycles. The molecular weight excluding hydrogens is 590 g/mol. The van der Waals surface area contributed by atoms with Crippen molar-refractivity contribution in [3.05, 3.63) is 36.0 Å². The van der Waals surface area contributed by atoms with Crippen LogP contribution in [0.4, 0.5) is 0 Å². The van der Waals surface area contributed by atoms with Crippen molar-refractivity contribution in [2.45, 2.75) is 75.2 Å². The molecule has 1 aliphatic heterocycles. The van der Waals surface area contributed by atoms with Gasteiger partial charge in [-0.1, -0.05) is 18.2 Å². The third-order valence-corrected chi connectivity index (χ3v) is 7.66. The van der Waals surface area contributed by atoms with Crippen LogP contribution < -0.4 is 27.4 Å². The van der Waals surface area contributed by atoms with Crippen LogP contribution >= 0.6 is 0 Å². The van der Waals surface area contributed by atoms with Gasteiger partial charge in [0.05, 0.1) is 13.0 Å². The molecule has 1 aromatic heterocycles. The number of hydrogen-bond donors (Lipinski definition) is 9. The van der Waals surface area contributed by atoms with E-state index in [0.29, 0.717) is 31.4 Å². The molecule has 0 aliphatic carbocycles. The Labute approximate surface area is 258 Å². The van der Waals surface area contributed by atoms with Crippen LogP contribution in [0.25, 0.3) is 10.9 Å². The second-order valence-electron chi connectivity index (χ2n) is 10.9. The maximum atomic E-state index is 13.6. The van der Waals surface area contributed by atoms with Gasteiger partial charge < -0.3 is 52.6 Å². The monoisotopic (exact) mass is 631 g/mol. The Morgan fingerprint density at radius 2 is 1.69 bits per heavy atom. The van der Waals surface area contributed by atoms with Crippen molar-refractivity contribution in [2.75, 3.05) is 19.7 Å². The lowest BCUT2D eigenvalue weighted by molar-refractivity contribution is -0.146. The number of benzene rings is 1. The summed E-state index contributed by atoms with van der Waals surface area (Å²) in [7, 11) is 0. The van der Waals surface area contributed by atoms with Gasteiger partial charge in [0.1, 0.15) is 30.2 Å². The van der Waals surface area contributed by atoms with E-state index in [2.05, 4.69) is 20.9 Å². The van der Waals surface area contributed by atoms with E-state index in [4.69, 9.17) is 16.6 Å². The number of hydrogen-bond acceptors (Lipinski definition) is 9. The summed E-state index contributed by atoms with van der Waals surface area (Å²) in [6, 6.07) is 0.814. The Balaban J connectivity index is 1.84. The highest BCUT2D eigenvalue weighted by molar-refractivity contribution is 5.97. The van der Waals surface area contributed by atoms with Gasteiger partial charge in [0, 0.05) is 30.1 Å². The van der Waals surface area contributed by atoms with E-state index in [0.717, 1.165) is 15.8 Å². The van der Waals surface area contributed by atoms with Gasteiger partial charge in [-0.05, 0) is 50.3 Å². The lowest BCUT2D eigenvalue weighted by Gasteiger charge is -2.30. The molecule has 5 atom stereocenters. The average molecular weight is 632 g/mol. The topological polar surface area (TPSA) is 270 Å². The number of carbonyl (C=O) groups is 6. The average Bonchev–Trinajstić information content (AvgIpc) is 3.66. The number of carboxylic acid groups (broad SMARTS) is 2. The minimum Gasteiger partial charge on any atom is -0.481 e. The summed E-state index contributed by atoms with van der Waals surface area (Å²) in [5.41, 5.74) is 12.5. The molecule has 4 amide bonds. The molecule has 0 bridgehead atoms. The summed E-state index contributed by atoms with van der Waals surface area (Å²) in [6.45, 7) is -0.290. The van der Waals surface area contributed by atoms with Gasteiger partial charge in [-0.3, -0.25) is 24.0 Å². The molecule has 11 N–H and O–H groups in total. The number of unbranched alkanes of at least 4 members (excludes halogenated alkanes) is 1. The van der Waals surface area contributed by atoms with Crippen LogP contribution in [-0.4, -0.2) is 111 Å². The maximum Gasteiger partial charge on any atom is 0.326 e. The number of aromatic nitrogens is 1. The summed E-state index contributed by atoms with van der Waals surface area (Å²) in [6.07, 6.45) is 2.63. The number of nitrogens with zero attached hydrogens (tertiary/aromatic N) is 1. The van der Waals surface area contributed by atoms with Crippen LogP contribution in [0.1, 0.15) is 44.1 Å². The predicted octanol–water partition coefficient (Wildman–Crippen LogP) is -1.84. The summed E-state index contributed by atoms with van der Waals surface area (Å²) < 4.78 is 0. The number of nitrogens with one attached hydrogen (secondary N) is 4. The van der Waals surface area contributed by atoms with Gasteiger partial charge in [-0.15, -0.1) is 0 Å². The van der Waals surface area contributed by atoms with E-state index in [1.54, 1.807) is 6.20 Å².